The second kappa shape index (κ2) is 4.00. The van der Waals surface area contributed by atoms with E-state index in [1.54, 1.807) is 11.1 Å². The lowest BCUT2D eigenvalue weighted by Gasteiger charge is -2.23. The van der Waals surface area contributed by atoms with Crippen molar-refractivity contribution in [2.75, 3.05) is 0 Å². The summed E-state index contributed by atoms with van der Waals surface area (Å²) < 4.78 is 0. The monoisotopic (exact) mass is 204 g/mol. The Morgan fingerprint density at radius 1 is 1.07 bits per heavy atom. The quantitative estimate of drug-likeness (QED) is 0.561. The van der Waals surface area contributed by atoms with Crippen LogP contribution in [-0.2, 0) is 0 Å². The lowest BCUT2D eigenvalue weighted by molar-refractivity contribution is 0.508. The summed E-state index contributed by atoms with van der Waals surface area (Å²) in [6.45, 7) is 15.9. The third-order valence-electron chi connectivity index (χ3n) is 3.32. The molecule has 0 unspecified atom stereocenters. The minimum Gasteiger partial charge on any atom is -0.0798 e. The van der Waals surface area contributed by atoms with Gasteiger partial charge >= 0.3 is 0 Å². The third kappa shape index (κ3) is 1.95. The van der Waals surface area contributed by atoms with Crippen LogP contribution in [0.4, 0.5) is 0 Å². The molecule has 0 radical (unpaired) electrons. The summed E-state index contributed by atoms with van der Waals surface area (Å²) in [5.41, 5.74) is 7.82. The zero-order chi connectivity index (χ0) is 11.8. The van der Waals surface area contributed by atoms with Crippen molar-refractivity contribution in [2.45, 2.75) is 54.9 Å². The van der Waals surface area contributed by atoms with Crippen molar-refractivity contribution in [3.8, 4) is 0 Å². The minimum absolute atomic E-state index is 0.263. The molecule has 0 saturated carbocycles. The van der Waals surface area contributed by atoms with Crippen LogP contribution in [0.1, 0.15) is 54.9 Å². The van der Waals surface area contributed by atoms with Crippen molar-refractivity contribution in [3.63, 3.8) is 0 Å². The molecule has 0 fully saturated rings. The Hall–Kier alpha value is -0.780. The number of hydrogen-bond acceptors (Lipinski definition) is 0. The van der Waals surface area contributed by atoms with E-state index in [2.05, 4.69) is 54.5 Å². The highest BCUT2D eigenvalue weighted by atomic mass is 14.3. The van der Waals surface area contributed by atoms with Crippen LogP contribution < -0.4 is 0 Å². The number of hydrogen-bond donors (Lipinski definition) is 0. The predicted octanol–water partition coefficient (Wildman–Crippen LogP) is 5.04. The highest BCUT2D eigenvalue weighted by Gasteiger charge is 2.29. The van der Waals surface area contributed by atoms with E-state index in [-0.39, 0.29) is 5.41 Å². The minimum atomic E-state index is 0.263. The number of rotatable bonds is 1. The number of allylic oxidation sites excluding steroid dienone is 6. The molecule has 0 amide bonds. The smallest absolute Gasteiger partial charge is 0.0126 e. The van der Waals surface area contributed by atoms with Gasteiger partial charge in [-0.2, -0.15) is 0 Å². The van der Waals surface area contributed by atoms with E-state index in [1.165, 1.54) is 16.7 Å². The van der Waals surface area contributed by atoms with Gasteiger partial charge in [-0.15, -0.1) is 0 Å². The fourth-order valence-electron chi connectivity index (χ4n) is 2.97. The standard InChI is InChI=1S/C15H24/c1-8-12-10(3)14(15(5,6)7)11(4)13(12)9-2/h8H,9H2,1-7H3. The average molecular weight is 204 g/mol. The van der Waals surface area contributed by atoms with Crippen LogP contribution in [0, 0.1) is 5.41 Å². The summed E-state index contributed by atoms with van der Waals surface area (Å²) in [5, 5.41) is 0. The summed E-state index contributed by atoms with van der Waals surface area (Å²) in [6.07, 6.45) is 3.40. The normalized spacial score (nSPS) is 20.9. The van der Waals surface area contributed by atoms with E-state index in [4.69, 9.17) is 0 Å². The van der Waals surface area contributed by atoms with Gasteiger partial charge in [-0.25, -0.2) is 0 Å². The molecule has 0 aromatic heterocycles. The Labute approximate surface area is 94.8 Å². The van der Waals surface area contributed by atoms with Crippen molar-refractivity contribution in [3.05, 3.63) is 33.9 Å². The first-order valence-electron chi connectivity index (χ1n) is 5.93. The Kier molecular flexibility index (Phi) is 3.28. The van der Waals surface area contributed by atoms with Gasteiger partial charge in [0.15, 0.2) is 0 Å². The van der Waals surface area contributed by atoms with Gasteiger partial charge < -0.3 is 0 Å². The lowest BCUT2D eigenvalue weighted by atomic mass is 9.81. The molecule has 0 aromatic rings. The largest absolute Gasteiger partial charge is 0.0798 e. The molecule has 0 saturated heterocycles. The second-order valence-corrected chi connectivity index (χ2v) is 5.41. The van der Waals surface area contributed by atoms with Crippen molar-refractivity contribution in [1.29, 1.82) is 0 Å². The molecule has 84 valence electrons. The van der Waals surface area contributed by atoms with E-state index >= 15 is 0 Å². The molecule has 0 aliphatic heterocycles. The van der Waals surface area contributed by atoms with E-state index < -0.39 is 0 Å². The van der Waals surface area contributed by atoms with Crippen LogP contribution in [0.25, 0.3) is 0 Å². The first kappa shape index (κ1) is 12.3. The van der Waals surface area contributed by atoms with Crippen LogP contribution in [0.2, 0.25) is 0 Å². The Morgan fingerprint density at radius 2 is 1.60 bits per heavy atom. The van der Waals surface area contributed by atoms with Crippen molar-refractivity contribution >= 4 is 0 Å². The van der Waals surface area contributed by atoms with Gasteiger partial charge in [-0.3, -0.25) is 0 Å². The van der Waals surface area contributed by atoms with E-state index in [1.807, 2.05) is 0 Å². The van der Waals surface area contributed by atoms with Gasteiger partial charge in [0.25, 0.3) is 0 Å². The summed E-state index contributed by atoms with van der Waals surface area (Å²) in [6, 6.07) is 0. The summed E-state index contributed by atoms with van der Waals surface area (Å²) >= 11 is 0. The first-order valence-corrected chi connectivity index (χ1v) is 5.93. The van der Waals surface area contributed by atoms with E-state index in [9.17, 15) is 0 Å². The average Bonchev–Trinajstić information content (AvgIpc) is 2.35. The molecular weight excluding hydrogens is 180 g/mol. The fraction of sp³-hybridized carbons (Fsp3) is 0.600. The van der Waals surface area contributed by atoms with Crippen LogP contribution >= 0.6 is 0 Å². The van der Waals surface area contributed by atoms with Gasteiger partial charge in [-0.05, 0) is 60.5 Å². The summed E-state index contributed by atoms with van der Waals surface area (Å²) in [7, 11) is 0. The summed E-state index contributed by atoms with van der Waals surface area (Å²) in [5.74, 6) is 0. The molecule has 0 spiro atoms. The maximum absolute atomic E-state index is 2.31. The molecule has 0 N–H and O–H groups in total. The van der Waals surface area contributed by atoms with Crippen LogP contribution in [0.3, 0.4) is 0 Å². The van der Waals surface area contributed by atoms with Gasteiger partial charge in [0.05, 0.1) is 0 Å². The van der Waals surface area contributed by atoms with E-state index in [0.29, 0.717) is 0 Å². The topological polar surface area (TPSA) is 0 Å². The second-order valence-electron chi connectivity index (χ2n) is 5.41. The van der Waals surface area contributed by atoms with Crippen molar-refractivity contribution in [1.82, 2.24) is 0 Å². The molecule has 0 nitrogen and oxygen atoms in total. The maximum Gasteiger partial charge on any atom is -0.0126 e. The molecular formula is C15H24. The van der Waals surface area contributed by atoms with Gasteiger partial charge in [0.1, 0.15) is 0 Å². The van der Waals surface area contributed by atoms with Crippen LogP contribution in [0.5, 0.6) is 0 Å². The Morgan fingerprint density at radius 3 is 1.87 bits per heavy atom. The van der Waals surface area contributed by atoms with E-state index in [0.717, 1.165) is 6.42 Å². The molecule has 1 aliphatic carbocycles. The molecule has 0 bridgehead atoms. The Bertz CT molecular complexity index is 354. The van der Waals surface area contributed by atoms with Crippen molar-refractivity contribution in [2.24, 2.45) is 5.41 Å². The highest BCUT2D eigenvalue weighted by molar-refractivity contribution is 5.63. The molecule has 1 aliphatic rings. The first-order chi connectivity index (χ1) is 6.84. The Balaban J connectivity index is 3.39. The zero-order valence-electron chi connectivity index (χ0n) is 11.3. The molecule has 0 atom stereocenters. The fourth-order valence-corrected chi connectivity index (χ4v) is 2.97. The maximum atomic E-state index is 2.31. The SMILES string of the molecule is CC=C1C(C)=C(C(C)(C)C)C(C)=C1CC. The van der Waals surface area contributed by atoms with Crippen LogP contribution in [-0.4, -0.2) is 0 Å². The predicted molar refractivity (Wildman–Crippen MR) is 68.9 cm³/mol. The molecule has 0 heterocycles. The zero-order valence-corrected chi connectivity index (χ0v) is 11.3. The lowest BCUT2D eigenvalue weighted by Crippen LogP contribution is -2.10. The highest BCUT2D eigenvalue weighted by Crippen LogP contribution is 2.45. The molecule has 0 heteroatoms. The van der Waals surface area contributed by atoms with Gasteiger partial charge in [0, 0.05) is 0 Å². The molecule has 15 heavy (non-hydrogen) atoms. The molecule has 1 rings (SSSR count). The van der Waals surface area contributed by atoms with Crippen LogP contribution in [0.15, 0.2) is 33.9 Å². The molecule has 0 aromatic carbocycles. The van der Waals surface area contributed by atoms with Gasteiger partial charge in [-0.1, -0.05) is 33.8 Å². The van der Waals surface area contributed by atoms with Gasteiger partial charge in [0.2, 0.25) is 0 Å². The summed E-state index contributed by atoms with van der Waals surface area (Å²) in [4.78, 5) is 0. The van der Waals surface area contributed by atoms with Crippen molar-refractivity contribution < 1.29 is 0 Å². The third-order valence-corrected chi connectivity index (χ3v) is 3.32.